The maximum atomic E-state index is 13.3. The third-order valence-electron chi connectivity index (χ3n) is 2.88. The molecule has 1 rings (SSSR count). The molecule has 0 radical (unpaired) electrons. The van der Waals surface area contributed by atoms with Crippen LogP contribution in [0.2, 0.25) is 0 Å². The smallest absolute Gasteiger partial charge is 0.126 e. The van der Waals surface area contributed by atoms with Gasteiger partial charge in [-0.1, -0.05) is 13.3 Å². The Morgan fingerprint density at radius 1 is 1.17 bits per heavy atom. The highest BCUT2D eigenvalue weighted by atomic mass is 19.1. The minimum Gasteiger partial charge on any atom is -0.377 e. The predicted octanol–water partition coefficient (Wildman–Crippen LogP) is 3.43. The third-order valence-corrected chi connectivity index (χ3v) is 2.88. The van der Waals surface area contributed by atoms with Gasteiger partial charge < -0.3 is 10.1 Å². The Hall–Kier alpha value is -1.00. The average molecular weight is 257 g/mol. The fraction of sp³-hybridized carbons (Fsp3) is 0.571. The van der Waals surface area contributed by atoms with Crippen LogP contribution in [0, 0.1) is 11.6 Å². The second-order valence-electron chi connectivity index (χ2n) is 4.25. The molecular formula is C14H21F2NO. The summed E-state index contributed by atoms with van der Waals surface area (Å²) in [6.07, 6.45) is 1.73. The molecule has 0 fully saturated rings. The second-order valence-corrected chi connectivity index (χ2v) is 4.25. The Kier molecular flexibility index (Phi) is 6.22. The van der Waals surface area contributed by atoms with Crippen LogP contribution in [-0.2, 0) is 4.74 Å². The van der Waals surface area contributed by atoms with Crippen molar-refractivity contribution in [2.24, 2.45) is 0 Å². The van der Waals surface area contributed by atoms with Gasteiger partial charge in [-0.05, 0) is 38.1 Å². The molecule has 18 heavy (non-hydrogen) atoms. The maximum Gasteiger partial charge on any atom is 0.126 e. The van der Waals surface area contributed by atoms with Crippen molar-refractivity contribution in [3.8, 4) is 0 Å². The molecule has 1 N–H and O–H groups in total. The molecule has 1 aromatic carbocycles. The minimum absolute atomic E-state index is 0.0776. The van der Waals surface area contributed by atoms with Crippen molar-refractivity contribution >= 4 is 0 Å². The summed E-state index contributed by atoms with van der Waals surface area (Å²) in [6, 6.07) is 3.39. The number of hydrogen-bond acceptors (Lipinski definition) is 2. The number of ether oxygens (including phenoxy) is 1. The van der Waals surface area contributed by atoms with Gasteiger partial charge in [-0.3, -0.25) is 0 Å². The van der Waals surface area contributed by atoms with Crippen LogP contribution in [0.25, 0.3) is 0 Å². The van der Waals surface area contributed by atoms with Gasteiger partial charge in [0.05, 0.1) is 12.1 Å². The normalized spacial score (nSPS) is 14.5. The summed E-state index contributed by atoms with van der Waals surface area (Å²) in [5.74, 6) is -1.12. The van der Waals surface area contributed by atoms with Crippen molar-refractivity contribution in [3.63, 3.8) is 0 Å². The van der Waals surface area contributed by atoms with E-state index in [4.69, 9.17) is 4.74 Å². The van der Waals surface area contributed by atoms with Gasteiger partial charge in [-0.2, -0.15) is 0 Å². The summed E-state index contributed by atoms with van der Waals surface area (Å²) in [4.78, 5) is 0. The van der Waals surface area contributed by atoms with Crippen LogP contribution < -0.4 is 5.32 Å². The molecule has 102 valence electrons. The molecule has 0 saturated heterocycles. The van der Waals surface area contributed by atoms with E-state index in [1.54, 1.807) is 7.05 Å². The van der Waals surface area contributed by atoms with Gasteiger partial charge in [-0.25, -0.2) is 8.78 Å². The molecule has 0 spiro atoms. The van der Waals surface area contributed by atoms with Crippen LogP contribution in [0.3, 0.4) is 0 Å². The molecule has 0 amide bonds. The Bertz CT molecular complexity index is 345. The molecule has 0 aromatic heterocycles. The van der Waals surface area contributed by atoms with Gasteiger partial charge in [-0.15, -0.1) is 0 Å². The molecule has 0 heterocycles. The number of nitrogens with one attached hydrogen (secondary N) is 1. The van der Waals surface area contributed by atoms with E-state index < -0.39 is 11.6 Å². The average Bonchev–Trinajstić information content (AvgIpc) is 2.29. The van der Waals surface area contributed by atoms with Gasteiger partial charge in [0, 0.05) is 12.7 Å². The van der Waals surface area contributed by atoms with Crippen molar-refractivity contribution in [2.75, 3.05) is 13.7 Å². The summed E-state index contributed by atoms with van der Waals surface area (Å²) >= 11 is 0. The standard InChI is InChI=1S/C14H21F2NO/c1-4-6-13(18-5-2)14(17-3)10-7-11(15)9-12(16)8-10/h7-9,13-14,17H,4-6H2,1-3H3. The van der Waals surface area contributed by atoms with E-state index >= 15 is 0 Å². The van der Waals surface area contributed by atoms with E-state index in [-0.39, 0.29) is 12.1 Å². The first kappa shape index (κ1) is 15.1. The Morgan fingerprint density at radius 3 is 2.22 bits per heavy atom. The monoisotopic (exact) mass is 257 g/mol. The molecule has 1 aromatic rings. The number of hydrogen-bond donors (Lipinski definition) is 1. The number of likely N-dealkylation sites (N-methyl/N-ethyl adjacent to an activating group) is 1. The predicted molar refractivity (Wildman–Crippen MR) is 68.5 cm³/mol. The first-order valence-corrected chi connectivity index (χ1v) is 6.37. The summed E-state index contributed by atoms with van der Waals surface area (Å²) in [6.45, 7) is 4.56. The van der Waals surface area contributed by atoms with Gasteiger partial charge in [0.25, 0.3) is 0 Å². The van der Waals surface area contributed by atoms with Gasteiger partial charge in [0.1, 0.15) is 11.6 Å². The molecule has 2 atom stereocenters. The number of benzene rings is 1. The van der Waals surface area contributed by atoms with E-state index in [1.807, 2.05) is 6.92 Å². The Labute approximate surface area is 107 Å². The summed E-state index contributed by atoms with van der Waals surface area (Å²) in [5, 5.41) is 3.08. The summed E-state index contributed by atoms with van der Waals surface area (Å²) in [5.41, 5.74) is 0.585. The van der Waals surface area contributed by atoms with Gasteiger partial charge >= 0.3 is 0 Å². The van der Waals surface area contributed by atoms with Crippen molar-refractivity contribution in [1.29, 1.82) is 0 Å². The molecule has 0 aliphatic heterocycles. The molecule has 0 bridgehead atoms. The van der Waals surface area contributed by atoms with E-state index in [0.717, 1.165) is 18.9 Å². The van der Waals surface area contributed by atoms with Crippen LogP contribution in [0.1, 0.15) is 38.3 Å². The fourth-order valence-corrected chi connectivity index (χ4v) is 2.17. The highest BCUT2D eigenvalue weighted by molar-refractivity contribution is 5.22. The zero-order valence-corrected chi connectivity index (χ0v) is 11.2. The molecule has 4 heteroatoms. The SMILES string of the molecule is CCCC(OCC)C(NC)c1cc(F)cc(F)c1. The van der Waals surface area contributed by atoms with Gasteiger partial charge in [0.2, 0.25) is 0 Å². The lowest BCUT2D eigenvalue weighted by atomic mass is 9.98. The molecule has 0 aliphatic rings. The fourth-order valence-electron chi connectivity index (χ4n) is 2.17. The highest BCUT2D eigenvalue weighted by Crippen LogP contribution is 2.24. The zero-order valence-electron chi connectivity index (χ0n) is 11.2. The van der Waals surface area contributed by atoms with Crippen LogP contribution in [0.5, 0.6) is 0 Å². The van der Waals surface area contributed by atoms with Crippen LogP contribution in [-0.4, -0.2) is 19.8 Å². The molecular weight excluding hydrogens is 236 g/mol. The van der Waals surface area contributed by atoms with Crippen molar-refractivity contribution in [2.45, 2.75) is 38.8 Å². The third kappa shape index (κ3) is 4.03. The topological polar surface area (TPSA) is 21.3 Å². The molecule has 0 aliphatic carbocycles. The second kappa shape index (κ2) is 7.44. The van der Waals surface area contributed by atoms with Crippen molar-refractivity contribution in [1.82, 2.24) is 5.32 Å². The van der Waals surface area contributed by atoms with E-state index in [9.17, 15) is 8.78 Å². The summed E-state index contributed by atoms with van der Waals surface area (Å²) in [7, 11) is 1.77. The highest BCUT2D eigenvalue weighted by Gasteiger charge is 2.22. The number of rotatable bonds is 7. The first-order valence-electron chi connectivity index (χ1n) is 6.37. The lowest BCUT2D eigenvalue weighted by Gasteiger charge is -2.27. The molecule has 2 nitrogen and oxygen atoms in total. The van der Waals surface area contributed by atoms with Gasteiger partial charge in [0.15, 0.2) is 0 Å². The number of halogens is 2. The Balaban J connectivity index is 2.97. The lowest BCUT2D eigenvalue weighted by molar-refractivity contribution is 0.0294. The first-order chi connectivity index (χ1) is 8.62. The van der Waals surface area contributed by atoms with Crippen LogP contribution in [0.4, 0.5) is 8.78 Å². The van der Waals surface area contributed by atoms with Crippen molar-refractivity contribution < 1.29 is 13.5 Å². The zero-order chi connectivity index (χ0) is 13.5. The van der Waals surface area contributed by atoms with Crippen LogP contribution >= 0.6 is 0 Å². The molecule has 2 unspecified atom stereocenters. The Morgan fingerprint density at radius 2 is 1.78 bits per heavy atom. The quantitative estimate of drug-likeness (QED) is 0.808. The maximum absolute atomic E-state index is 13.3. The van der Waals surface area contributed by atoms with E-state index in [2.05, 4.69) is 12.2 Å². The summed E-state index contributed by atoms with van der Waals surface area (Å²) < 4.78 is 32.2. The van der Waals surface area contributed by atoms with Crippen molar-refractivity contribution in [3.05, 3.63) is 35.4 Å². The largest absolute Gasteiger partial charge is 0.377 e. The van der Waals surface area contributed by atoms with Crippen LogP contribution in [0.15, 0.2) is 18.2 Å². The van der Waals surface area contributed by atoms with E-state index in [0.29, 0.717) is 12.2 Å². The molecule has 0 saturated carbocycles. The minimum atomic E-state index is -0.558. The van der Waals surface area contributed by atoms with E-state index in [1.165, 1.54) is 12.1 Å². The lowest BCUT2D eigenvalue weighted by Crippen LogP contribution is -2.32.